The molecule has 6 nitrogen and oxygen atoms in total. The Kier molecular flexibility index (Phi) is 4.80. The fourth-order valence-corrected chi connectivity index (χ4v) is 3.28. The van der Waals surface area contributed by atoms with Crippen LogP contribution in [0.5, 0.6) is 0 Å². The first-order valence-electron chi connectivity index (χ1n) is 9.35. The number of hydrogen-bond acceptors (Lipinski definition) is 4. The first-order valence-corrected chi connectivity index (χ1v) is 9.35. The summed E-state index contributed by atoms with van der Waals surface area (Å²) >= 11 is 0. The van der Waals surface area contributed by atoms with E-state index in [1.807, 2.05) is 56.3 Å². The van der Waals surface area contributed by atoms with E-state index in [4.69, 9.17) is 10.2 Å². The molecule has 1 amide bonds. The molecule has 4 rings (SSSR count). The van der Waals surface area contributed by atoms with Gasteiger partial charge in [0.05, 0.1) is 23.0 Å². The van der Waals surface area contributed by atoms with E-state index >= 15 is 0 Å². The van der Waals surface area contributed by atoms with Crippen molar-refractivity contribution in [1.82, 2.24) is 20.5 Å². The van der Waals surface area contributed by atoms with Crippen LogP contribution < -0.4 is 5.32 Å². The minimum Gasteiger partial charge on any atom is -0.352 e. The van der Waals surface area contributed by atoms with Gasteiger partial charge in [-0.2, -0.15) is 10.4 Å². The summed E-state index contributed by atoms with van der Waals surface area (Å²) in [4.78, 5) is 16.9. The highest BCUT2D eigenvalue weighted by molar-refractivity contribution is 5.96. The number of rotatable bonds is 4. The van der Waals surface area contributed by atoms with Crippen LogP contribution in [0, 0.1) is 18.3 Å². The maximum atomic E-state index is 12.2. The summed E-state index contributed by atoms with van der Waals surface area (Å²) < 4.78 is 0. The van der Waals surface area contributed by atoms with Crippen molar-refractivity contribution >= 4 is 16.9 Å². The number of carbonyl (C=O) groups excluding carboxylic acids is 1. The van der Waals surface area contributed by atoms with E-state index in [9.17, 15) is 4.79 Å². The van der Waals surface area contributed by atoms with Gasteiger partial charge < -0.3 is 5.32 Å². The minimum absolute atomic E-state index is 0.0994. The number of nitriles is 1. The number of fused-ring (bicyclic) bond motifs is 1. The first-order chi connectivity index (χ1) is 14.1. The summed E-state index contributed by atoms with van der Waals surface area (Å²) in [6.07, 6.45) is 0. The number of hydrogen-bond donors (Lipinski definition) is 2. The van der Waals surface area contributed by atoms with Crippen molar-refractivity contribution < 1.29 is 4.79 Å². The second-order valence-corrected chi connectivity index (χ2v) is 6.74. The normalized spacial score (nSPS) is 10.7. The van der Waals surface area contributed by atoms with Crippen molar-refractivity contribution in [3.05, 3.63) is 71.3 Å². The van der Waals surface area contributed by atoms with Gasteiger partial charge in [-0.05, 0) is 55.8 Å². The SMILES string of the molecule is CCNC(=O)c1ccc(C)c(-c2ccc3c(-c4ccc(C#N)cc4)[nH]nc3n2)c1. The quantitative estimate of drug-likeness (QED) is 0.553. The smallest absolute Gasteiger partial charge is 0.251 e. The van der Waals surface area contributed by atoms with Crippen molar-refractivity contribution in [3.63, 3.8) is 0 Å². The number of aromatic nitrogens is 3. The maximum Gasteiger partial charge on any atom is 0.251 e. The summed E-state index contributed by atoms with van der Waals surface area (Å²) in [7, 11) is 0. The maximum absolute atomic E-state index is 12.2. The largest absolute Gasteiger partial charge is 0.352 e. The van der Waals surface area contributed by atoms with Crippen LogP contribution in [0.25, 0.3) is 33.5 Å². The third-order valence-corrected chi connectivity index (χ3v) is 4.83. The van der Waals surface area contributed by atoms with Gasteiger partial charge in [-0.25, -0.2) is 4.98 Å². The number of carbonyl (C=O) groups is 1. The molecular weight excluding hydrogens is 362 g/mol. The van der Waals surface area contributed by atoms with Gasteiger partial charge in [0.25, 0.3) is 5.91 Å². The van der Waals surface area contributed by atoms with Crippen molar-refractivity contribution in [2.45, 2.75) is 13.8 Å². The molecule has 0 aliphatic carbocycles. The molecule has 0 atom stereocenters. The molecular formula is C23H19N5O. The van der Waals surface area contributed by atoms with E-state index in [2.05, 4.69) is 21.6 Å². The van der Waals surface area contributed by atoms with Gasteiger partial charge in [0.15, 0.2) is 5.65 Å². The molecule has 0 unspecified atom stereocenters. The Morgan fingerprint density at radius 3 is 2.66 bits per heavy atom. The number of aromatic amines is 1. The average Bonchev–Trinajstić information content (AvgIpc) is 3.17. The molecule has 0 saturated heterocycles. The number of nitrogens with zero attached hydrogens (tertiary/aromatic N) is 3. The lowest BCUT2D eigenvalue weighted by atomic mass is 10.0. The summed E-state index contributed by atoms with van der Waals surface area (Å²) in [5.74, 6) is -0.0994. The van der Waals surface area contributed by atoms with E-state index in [-0.39, 0.29) is 5.91 Å². The molecule has 2 N–H and O–H groups in total. The molecule has 6 heteroatoms. The number of pyridine rings is 1. The third-order valence-electron chi connectivity index (χ3n) is 4.83. The molecule has 2 heterocycles. The molecule has 0 saturated carbocycles. The molecule has 0 bridgehead atoms. The predicted octanol–water partition coefficient (Wildman–Crippen LogP) is 4.22. The van der Waals surface area contributed by atoms with Gasteiger partial charge in [0.1, 0.15) is 0 Å². The van der Waals surface area contributed by atoms with Crippen molar-refractivity contribution in [3.8, 4) is 28.6 Å². The Bertz CT molecular complexity index is 1250. The van der Waals surface area contributed by atoms with E-state index in [0.29, 0.717) is 23.3 Å². The highest BCUT2D eigenvalue weighted by Gasteiger charge is 2.13. The van der Waals surface area contributed by atoms with E-state index in [1.165, 1.54) is 0 Å². The van der Waals surface area contributed by atoms with Crippen molar-refractivity contribution in [2.24, 2.45) is 0 Å². The predicted molar refractivity (Wildman–Crippen MR) is 112 cm³/mol. The zero-order valence-electron chi connectivity index (χ0n) is 16.2. The minimum atomic E-state index is -0.0994. The van der Waals surface area contributed by atoms with Crippen LogP contribution >= 0.6 is 0 Å². The highest BCUT2D eigenvalue weighted by Crippen LogP contribution is 2.29. The van der Waals surface area contributed by atoms with E-state index < -0.39 is 0 Å². The Labute approximate surface area is 168 Å². The van der Waals surface area contributed by atoms with Crippen LogP contribution in [-0.4, -0.2) is 27.6 Å². The zero-order valence-corrected chi connectivity index (χ0v) is 16.2. The lowest BCUT2D eigenvalue weighted by Gasteiger charge is -2.09. The van der Waals surface area contributed by atoms with Crippen LogP contribution in [-0.2, 0) is 0 Å². The molecule has 0 fully saturated rings. The fourth-order valence-electron chi connectivity index (χ4n) is 3.28. The number of H-pyrrole nitrogens is 1. The Morgan fingerprint density at radius 2 is 1.93 bits per heavy atom. The third kappa shape index (κ3) is 3.46. The molecule has 142 valence electrons. The number of amides is 1. The summed E-state index contributed by atoms with van der Waals surface area (Å²) in [6.45, 7) is 4.47. The fraction of sp³-hybridized carbons (Fsp3) is 0.130. The number of nitrogens with one attached hydrogen (secondary N) is 2. The summed E-state index contributed by atoms with van der Waals surface area (Å²) in [5.41, 5.74) is 6.32. The van der Waals surface area contributed by atoms with Gasteiger partial charge in [0, 0.05) is 28.6 Å². The Balaban J connectivity index is 1.75. The summed E-state index contributed by atoms with van der Waals surface area (Å²) in [5, 5.41) is 20.1. The van der Waals surface area contributed by atoms with Gasteiger partial charge in [0.2, 0.25) is 0 Å². The lowest BCUT2D eigenvalue weighted by molar-refractivity contribution is 0.0956. The zero-order chi connectivity index (χ0) is 20.4. The van der Waals surface area contributed by atoms with E-state index in [1.54, 1.807) is 12.1 Å². The molecule has 2 aromatic carbocycles. The number of benzene rings is 2. The van der Waals surface area contributed by atoms with Crippen LogP contribution in [0.3, 0.4) is 0 Å². The average molecular weight is 381 g/mol. The van der Waals surface area contributed by atoms with Gasteiger partial charge >= 0.3 is 0 Å². The second-order valence-electron chi connectivity index (χ2n) is 6.74. The topological polar surface area (TPSA) is 94.5 Å². The highest BCUT2D eigenvalue weighted by atomic mass is 16.1. The standard InChI is InChI=1S/C23H19N5O/c1-3-25-23(29)17-7-4-14(2)19(12-17)20-11-10-18-21(27-28-22(18)26-20)16-8-5-15(13-24)6-9-16/h4-12H,3H2,1-2H3,(H,25,29)(H,26,27,28). The summed E-state index contributed by atoms with van der Waals surface area (Å²) in [6, 6.07) is 19.0. The Hall–Kier alpha value is -3.98. The molecule has 0 radical (unpaired) electrons. The first kappa shape index (κ1) is 18.4. The van der Waals surface area contributed by atoms with Crippen molar-refractivity contribution in [2.75, 3.05) is 6.54 Å². The van der Waals surface area contributed by atoms with E-state index in [0.717, 1.165) is 33.5 Å². The molecule has 29 heavy (non-hydrogen) atoms. The molecule has 4 aromatic rings. The van der Waals surface area contributed by atoms with Crippen LogP contribution in [0.15, 0.2) is 54.6 Å². The molecule has 0 spiro atoms. The van der Waals surface area contributed by atoms with Crippen LogP contribution in [0.2, 0.25) is 0 Å². The van der Waals surface area contributed by atoms with Gasteiger partial charge in [-0.1, -0.05) is 18.2 Å². The number of aryl methyl sites for hydroxylation is 1. The van der Waals surface area contributed by atoms with Crippen LogP contribution in [0.1, 0.15) is 28.4 Å². The lowest BCUT2D eigenvalue weighted by Crippen LogP contribution is -2.22. The van der Waals surface area contributed by atoms with Crippen LogP contribution in [0.4, 0.5) is 0 Å². The molecule has 0 aliphatic heterocycles. The second kappa shape index (κ2) is 7.56. The van der Waals surface area contributed by atoms with Crippen molar-refractivity contribution in [1.29, 1.82) is 5.26 Å². The molecule has 0 aliphatic rings. The van der Waals surface area contributed by atoms with Gasteiger partial charge in [-0.3, -0.25) is 9.89 Å². The van der Waals surface area contributed by atoms with Gasteiger partial charge in [-0.15, -0.1) is 0 Å². The molecule has 2 aromatic heterocycles. The monoisotopic (exact) mass is 381 g/mol. The Morgan fingerprint density at radius 1 is 1.14 bits per heavy atom.